The molecule has 0 saturated carbocycles. The van der Waals surface area contributed by atoms with Crippen molar-refractivity contribution in [2.75, 3.05) is 26.6 Å². The van der Waals surface area contributed by atoms with E-state index in [1.807, 2.05) is 0 Å². The van der Waals surface area contributed by atoms with E-state index >= 15 is 0 Å². The Kier molecular flexibility index (Phi) is 6.55. The molecule has 4 rings (SSSR count). The van der Waals surface area contributed by atoms with E-state index in [9.17, 15) is 14.4 Å². The number of aromatic nitrogens is 2. The number of nitrogens with one attached hydrogen (secondary N) is 2. The van der Waals surface area contributed by atoms with Gasteiger partial charge in [-0.2, -0.15) is 5.10 Å². The molecule has 9 heteroatoms. The van der Waals surface area contributed by atoms with Crippen LogP contribution in [0, 0.1) is 0 Å². The summed E-state index contributed by atoms with van der Waals surface area (Å²) in [6.45, 7) is 0. The lowest BCUT2D eigenvalue weighted by atomic mass is 10.1. The summed E-state index contributed by atoms with van der Waals surface area (Å²) in [6, 6.07) is 10.2. The molecule has 0 bridgehead atoms. The summed E-state index contributed by atoms with van der Waals surface area (Å²) in [5, 5.41) is 9.78. The van der Waals surface area contributed by atoms with E-state index in [2.05, 4.69) is 20.3 Å². The molecule has 1 amide bonds. The first-order valence-corrected chi connectivity index (χ1v) is 8.12. The number of rotatable bonds is 3. The Bertz CT molecular complexity index is 1070. The number of esters is 1. The van der Waals surface area contributed by atoms with Crippen LogP contribution in [0.1, 0.15) is 28.3 Å². The molecule has 0 radical (unpaired) electrons. The summed E-state index contributed by atoms with van der Waals surface area (Å²) < 4.78 is 14.6. The second kappa shape index (κ2) is 8.87. The van der Waals surface area contributed by atoms with Crippen LogP contribution in [0.2, 0.25) is 0 Å². The predicted octanol–water partition coefficient (Wildman–Crippen LogP) is 2.82. The number of carbonyl (C=O) groups is 3. The summed E-state index contributed by atoms with van der Waals surface area (Å²) in [7, 11) is 4.40. The lowest BCUT2D eigenvalue weighted by molar-refractivity contribution is -0.112. The summed E-state index contributed by atoms with van der Waals surface area (Å²) in [4.78, 5) is 33.5. The maximum Gasteiger partial charge on any atom is 0.359 e. The normalized spacial score (nSPS) is 11.6. The van der Waals surface area contributed by atoms with Gasteiger partial charge in [-0.05, 0) is 36.4 Å². The van der Waals surface area contributed by atoms with Gasteiger partial charge in [-0.25, -0.2) is 4.79 Å². The minimum absolute atomic E-state index is 0. The number of Topliss-reactive ketones (excluding diaryl/α,β-unsaturated/α-hetero) is 1. The molecule has 0 spiro atoms. The highest BCUT2D eigenvalue weighted by molar-refractivity contribution is 6.51. The average molecular weight is 399 g/mol. The number of nitrogens with zero attached hydrogens (tertiary/aromatic N) is 1. The van der Waals surface area contributed by atoms with Crippen LogP contribution in [0.3, 0.4) is 0 Å². The average Bonchev–Trinajstić information content (AvgIpc) is 3.28. The molecule has 1 aliphatic rings. The van der Waals surface area contributed by atoms with Crippen LogP contribution in [0.25, 0.3) is 10.9 Å². The van der Waals surface area contributed by atoms with Gasteiger partial charge in [0.2, 0.25) is 0 Å². The number of fused-ring (bicyclic) bond motifs is 2. The second-order valence-corrected chi connectivity index (χ2v) is 5.67. The Labute approximate surface area is 167 Å². The number of hydrogen-bond acceptors (Lipinski definition) is 7. The SMILES string of the molecule is C.COC(=O)c1n[nH]c2ccc(OC)cc12.COc1ccc2c(c1)C(=O)C(=O)N2. The first kappa shape index (κ1) is 21.4. The van der Waals surface area contributed by atoms with E-state index in [0.717, 1.165) is 5.52 Å². The number of amides is 1. The van der Waals surface area contributed by atoms with Crippen LogP contribution in [0.5, 0.6) is 11.5 Å². The van der Waals surface area contributed by atoms with E-state index in [1.165, 1.54) is 14.2 Å². The smallest absolute Gasteiger partial charge is 0.359 e. The van der Waals surface area contributed by atoms with E-state index in [4.69, 9.17) is 9.47 Å². The Morgan fingerprint density at radius 3 is 2.28 bits per heavy atom. The van der Waals surface area contributed by atoms with Gasteiger partial charge in [0.1, 0.15) is 11.5 Å². The number of hydrogen-bond donors (Lipinski definition) is 2. The van der Waals surface area contributed by atoms with Crippen molar-refractivity contribution in [3.8, 4) is 11.5 Å². The van der Waals surface area contributed by atoms with Crippen molar-refractivity contribution < 1.29 is 28.6 Å². The largest absolute Gasteiger partial charge is 0.497 e. The zero-order chi connectivity index (χ0) is 20.3. The molecule has 9 nitrogen and oxygen atoms in total. The number of anilines is 1. The van der Waals surface area contributed by atoms with E-state index in [1.54, 1.807) is 43.5 Å². The third-order valence-corrected chi connectivity index (χ3v) is 4.07. The summed E-state index contributed by atoms with van der Waals surface area (Å²) in [5.74, 6) is -0.302. The van der Waals surface area contributed by atoms with Gasteiger partial charge in [0.25, 0.3) is 11.7 Å². The van der Waals surface area contributed by atoms with Crippen LogP contribution >= 0.6 is 0 Å². The zero-order valence-electron chi connectivity index (χ0n) is 15.4. The second-order valence-electron chi connectivity index (χ2n) is 5.67. The fourth-order valence-electron chi connectivity index (χ4n) is 2.62. The number of carbonyl (C=O) groups excluding carboxylic acids is 3. The predicted molar refractivity (Wildman–Crippen MR) is 107 cm³/mol. The first-order chi connectivity index (χ1) is 13.5. The molecule has 1 aromatic heterocycles. The van der Waals surface area contributed by atoms with Crippen molar-refractivity contribution >= 4 is 34.3 Å². The zero-order valence-corrected chi connectivity index (χ0v) is 15.4. The van der Waals surface area contributed by atoms with Crippen molar-refractivity contribution in [1.29, 1.82) is 0 Å². The van der Waals surface area contributed by atoms with Crippen LogP contribution in [-0.2, 0) is 9.53 Å². The van der Waals surface area contributed by atoms with Gasteiger partial charge in [-0.3, -0.25) is 14.7 Å². The highest BCUT2D eigenvalue weighted by Crippen LogP contribution is 2.26. The monoisotopic (exact) mass is 399 g/mol. The fraction of sp³-hybridized carbons (Fsp3) is 0.200. The van der Waals surface area contributed by atoms with Crippen LogP contribution in [0.4, 0.5) is 5.69 Å². The van der Waals surface area contributed by atoms with Gasteiger partial charge in [0, 0.05) is 5.39 Å². The number of ketones is 1. The van der Waals surface area contributed by atoms with Crippen LogP contribution in [-0.4, -0.2) is 49.2 Å². The third-order valence-electron chi connectivity index (χ3n) is 4.07. The van der Waals surface area contributed by atoms with Gasteiger partial charge >= 0.3 is 5.97 Å². The topological polar surface area (TPSA) is 120 Å². The Hall–Kier alpha value is -3.88. The quantitative estimate of drug-likeness (QED) is 0.513. The molecule has 0 saturated heterocycles. The van der Waals surface area contributed by atoms with Gasteiger partial charge in [0.05, 0.1) is 38.1 Å². The summed E-state index contributed by atoms with van der Waals surface area (Å²) in [6.07, 6.45) is 0. The maximum absolute atomic E-state index is 11.3. The third kappa shape index (κ3) is 4.18. The molecule has 152 valence electrons. The van der Waals surface area contributed by atoms with Crippen molar-refractivity contribution in [2.24, 2.45) is 0 Å². The molecule has 29 heavy (non-hydrogen) atoms. The minimum Gasteiger partial charge on any atom is -0.497 e. The molecular weight excluding hydrogens is 378 g/mol. The Balaban J connectivity index is 0.000000202. The molecule has 2 aromatic carbocycles. The Morgan fingerprint density at radius 2 is 1.62 bits per heavy atom. The number of H-pyrrole nitrogens is 1. The number of aromatic amines is 1. The number of ether oxygens (including phenoxy) is 3. The van der Waals surface area contributed by atoms with Gasteiger partial charge < -0.3 is 19.5 Å². The standard InChI is InChI=1S/C10H10N2O3.C9H7NO3.CH4/c1-14-6-3-4-8-7(5-6)9(12-11-8)10(13)15-2;1-13-5-2-3-7-6(4-5)8(11)9(12)10-7;/h3-5H,1-2H3,(H,11,12);2-4H,1H3,(H,10,11,12);1H4. The minimum atomic E-state index is -0.580. The van der Waals surface area contributed by atoms with Crippen molar-refractivity contribution in [3.05, 3.63) is 47.7 Å². The van der Waals surface area contributed by atoms with Crippen molar-refractivity contribution in [2.45, 2.75) is 7.43 Å². The first-order valence-electron chi connectivity index (χ1n) is 8.12. The Morgan fingerprint density at radius 1 is 0.966 bits per heavy atom. The van der Waals surface area contributed by atoms with Crippen molar-refractivity contribution in [1.82, 2.24) is 10.2 Å². The highest BCUT2D eigenvalue weighted by atomic mass is 16.5. The molecule has 0 aliphatic carbocycles. The molecule has 2 heterocycles. The molecule has 1 aliphatic heterocycles. The maximum atomic E-state index is 11.3. The molecular formula is C20H21N3O6. The van der Waals surface area contributed by atoms with Gasteiger partial charge in [-0.15, -0.1) is 0 Å². The molecule has 2 N–H and O–H groups in total. The highest BCUT2D eigenvalue weighted by Gasteiger charge is 2.27. The summed E-state index contributed by atoms with van der Waals surface area (Å²) >= 11 is 0. The van der Waals surface area contributed by atoms with Crippen LogP contribution in [0.15, 0.2) is 36.4 Å². The fourth-order valence-corrected chi connectivity index (χ4v) is 2.62. The van der Waals surface area contributed by atoms with Gasteiger partial charge in [-0.1, -0.05) is 7.43 Å². The molecule has 3 aromatic rings. The molecule has 0 fully saturated rings. The molecule has 0 unspecified atom stereocenters. The molecule has 0 atom stereocenters. The van der Waals surface area contributed by atoms with E-state index in [0.29, 0.717) is 28.1 Å². The van der Waals surface area contributed by atoms with Gasteiger partial charge in [0.15, 0.2) is 5.69 Å². The summed E-state index contributed by atoms with van der Waals surface area (Å²) in [5.41, 5.74) is 1.97. The number of benzene rings is 2. The van der Waals surface area contributed by atoms with E-state index in [-0.39, 0.29) is 13.1 Å². The van der Waals surface area contributed by atoms with E-state index < -0.39 is 17.7 Å². The van der Waals surface area contributed by atoms with Crippen LogP contribution < -0.4 is 14.8 Å². The van der Waals surface area contributed by atoms with Crippen molar-refractivity contribution in [3.63, 3.8) is 0 Å². The lowest BCUT2D eigenvalue weighted by Gasteiger charge is -2.00. The number of methoxy groups -OCH3 is 3. The lowest BCUT2D eigenvalue weighted by Crippen LogP contribution is -2.12.